The van der Waals surface area contributed by atoms with Crippen LogP contribution in [0.4, 0.5) is 0 Å². The minimum atomic E-state index is -0.695. The summed E-state index contributed by atoms with van der Waals surface area (Å²) < 4.78 is 0. The number of benzene rings is 1. The molecule has 0 aliphatic heterocycles. The minimum absolute atomic E-state index is 0.450. The number of allylic oxidation sites excluding steroid dienone is 1. The van der Waals surface area contributed by atoms with Crippen LogP contribution in [0, 0.1) is 28.4 Å². The van der Waals surface area contributed by atoms with Gasteiger partial charge in [0.25, 0.3) is 0 Å². The summed E-state index contributed by atoms with van der Waals surface area (Å²) in [6, 6.07) is 8.66. The van der Waals surface area contributed by atoms with Crippen LogP contribution in [-0.4, -0.2) is 4.92 Å². The molecule has 0 atom stereocenters. The summed E-state index contributed by atoms with van der Waals surface area (Å²) >= 11 is 0. The lowest BCUT2D eigenvalue weighted by Crippen LogP contribution is -1.94. The second-order valence-corrected chi connectivity index (χ2v) is 2.81. The second-order valence-electron chi connectivity index (χ2n) is 2.81. The molecule has 0 saturated carbocycles. The number of hydrogen-bond donors (Lipinski definition) is 0. The zero-order valence-electron chi connectivity index (χ0n) is 7.60. The molecule has 0 heterocycles. The summed E-state index contributed by atoms with van der Waals surface area (Å²) in [6.45, 7) is 1.92. The van der Waals surface area contributed by atoms with Gasteiger partial charge in [-0.25, -0.2) is 0 Å². The molecule has 0 aliphatic carbocycles. The first-order valence-corrected chi connectivity index (χ1v) is 3.96. The lowest BCUT2D eigenvalue weighted by atomic mass is 10.1. The first-order chi connectivity index (χ1) is 6.63. The Morgan fingerprint density at radius 1 is 1.50 bits per heavy atom. The molecule has 0 N–H and O–H groups in total. The lowest BCUT2D eigenvalue weighted by molar-refractivity contribution is -0.415. The number of nitro groups is 1. The molecular weight excluding hydrogens is 180 g/mol. The number of nitriles is 1. The van der Waals surface area contributed by atoms with Gasteiger partial charge in [-0.3, -0.25) is 10.1 Å². The van der Waals surface area contributed by atoms with E-state index in [0.717, 1.165) is 5.56 Å². The molecule has 1 rings (SSSR count). The lowest BCUT2D eigenvalue weighted by Gasteiger charge is -1.93. The number of rotatable bonds is 2. The summed E-state index contributed by atoms with van der Waals surface area (Å²) in [5.41, 5.74) is 1.28. The highest BCUT2D eigenvalue weighted by Gasteiger charge is 2.07. The van der Waals surface area contributed by atoms with Gasteiger partial charge < -0.3 is 0 Å². The van der Waals surface area contributed by atoms with E-state index in [9.17, 15) is 10.1 Å². The topological polar surface area (TPSA) is 66.9 Å². The van der Waals surface area contributed by atoms with E-state index in [1.165, 1.54) is 12.1 Å². The molecule has 0 bridgehead atoms. The van der Waals surface area contributed by atoms with E-state index in [1.54, 1.807) is 12.1 Å². The fourth-order valence-corrected chi connectivity index (χ4v) is 0.946. The van der Waals surface area contributed by atoms with Crippen LogP contribution in [0.3, 0.4) is 0 Å². The number of aryl methyl sites for hydroxylation is 1. The van der Waals surface area contributed by atoms with Crippen LogP contribution in [0.15, 0.2) is 30.0 Å². The SMILES string of the molecule is Cc1ccc(/C=C(\C#N)[N+](=O)[O-])cc1. The molecule has 0 aromatic heterocycles. The summed E-state index contributed by atoms with van der Waals surface area (Å²) in [6.07, 6.45) is 1.25. The van der Waals surface area contributed by atoms with Crippen LogP contribution >= 0.6 is 0 Å². The van der Waals surface area contributed by atoms with Crippen molar-refractivity contribution in [3.63, 3.8) is 0 Å². The van der Waals surface area contributed by atoms with Crippen LogP contribution in [0.2, 0.25) is 0 Å². The fourth-order valence-electron chi connectivity index (χ4n) is 0.946. The van der Waals surface area contributed by atoms with Crippen molar-refractivity contribution in [3.8, 4) is 6.07 Å². The van der Waals surface area contributed by atoms with Crippen LogP contribution in [0.1, 0.15) is 11.1 Å². The monoisotopic (exact) mass is 188 g/mol. The Labute approximate surface area is 81.2 Å². The van der Waals surface area contributed by atoms with Gasteiger partial charge >= 0.3 is 5.70 Å². The van der Waals surface area contributed by atoms with Gasteiger partial charge in [-0.15, -0.1) is 0 Å². The van der Waals surface area contributed by atoms with E-state index in [1.807, 2.05) is 19.1 Å². The van der Waals surface area contributed by atoms with Gasteiger partial charge in [0, 0.05) is 6.08 Å². The fraction of sp³-hybridized carbons (Fsp3) is 0.100. The van der Waals surface area contributed by atoms with Gasteiger partial charge in [0.2, 0.25) is 0 Å². The van der Waals surface area contributed by atoms with Gasteiger partial charge in [-0.05, 0) is 12.5 Å². The largest absolute Gasteiger partial charge is 0.346 e. The Morgan fingerprint density at radius 3 is 2.50 bits per heavy atom. The number of nitrogens with zero attached hydrogens (tertiary/aromatic N) is 2. The molecular formula is C10H8N2O2. The third kappa shape index (κ3) is 2.42. The number of hydrogen-bond acceptors (Lipinski definition) is 3. The van der Waals surface area contributed by atoms with Crippen molar-refractivity contribution in [2.45, 2.75) is 6.92 Å². The van der Waals surface area contributed by atoms with Crippen molar-refractivity contribution < 1.29 is 4.92 Å². The summed E-state index contributed by atoms with van der Waals surface area (Å²) in [7, 11) is 0. The second kappa shape index (κ2) is 4.19. The maximum atomic E-state index is 10.3. The van der Waals surface area contributed by atoms with Crippen molar-refractivity contribution in [1.29, 1.82) is 5.26 Å². The first-order valence-electron chi connectivity index (χ1n) is 3.96. The average molecular weight is 188 g/mol. The molecule has 1 aromatic rings. The molecule has 4 heteroatoms. The Balaban J connectivity index is 3.03. The van der Waals surface area contributed by atoms with Gasteiger partial charge in [-0.2, -0.15) is 5.26 Å². The van der Waals surface area contributed by atoms with E-state index in [2.05, 4.69) is 0 Å². The van der Waals surface area contributed by atoms with Crippen LogP contribution < -0.4 is 0 Å². The molecule has 0 spiro atoms. The molecule has 0 unspecified atom stereocenters. The quantitative estimate of drug-likeness (QED) is 0.405. The highest BCUT2D eigenvalue weighted by atomic mass is 16.6. The molecule has 0 radical (unpaired) electrons. The Bertz CT molecular complexity index is 413. The smallest absolute Gasteiger partial charge is 0.258 e. The molecule has 0 fully saturated rings. The first kappa shape index (κ1) is 9.93. The predicted molar refractivity (Wildman–Crippen MR) is 51.8 cm³/mol. The Kier molecular flexibility index (Phi) is 2.97. The average Bonchev–Trinajstić information content (AvgIpc) is 2.16. The maximum absolute atomic E-state index is 10.3. The summed E-state index contributed by atoms with van der Waals surface area (Å²) in [4.78, 5) is 9.62. The van der Waals surface area contributed by atoms with Gasteiger partial charge in [0.1, 0.15) is 0 Å². The van der Waals surface area contributed by atoms with Crippen molar-refractivity contribution in [1.82, 2.24) is 0 Å². The van der Waals surface area contributed by atoms with Gasteiger partial charge in [0.15, 0.2) is 6.07 Å². The normalized spacial score (nSPS) is 10.7. The Hall–Kier alpha value is -2.15. The summed E-state index contributed by atoms with van der Waals surface area (Å²) in [5, 5.41) is 18.8. The molecule has 0 aliphatic rings. The van der Waals surface area contributed by atoms with Gasteiger partial charge in [-0.1, -0.05) is 29.8 Å². The van der Waals surface area contributed by atoms with E-state index < -0.39 is 10.6 Å². The molecule has 0 amide bonds. The van der Waals surface area contributed by atoms with Crippen molar-refractivity contribution in [3.05, 3.63) is 51.2 Å². The van der Waals surface area contributed by atoms with Gasteiger partial charge in [0.05, 0.1) is 4.92 Å². The highest BCUT2D eigenvalue weighted by Crippen LogP contribution is 2.08. The molecule has 70 valence electrons. The molecule has 14 heavy (non-hydrogen) atoms. The molecule has 1 aromatic carbocycles. The predicted octanol–water partition coefficient (Wildman–Crippen LogP) is 2.14. The zero-order chi connectivity index (χ0) is 10.6. The minimum Gasteiger partial charge on any atom is -0.258 e. The van der Waals surface area contributed by atoms with Crippen molar-refractivity contribution in [2.24, 2.45) is 0 Å². The van der Waals surface area contributed by atoms with Crippen LogP contribution in [0.25, 0.3) is 6.08 Å². The van der Waals surface area contributed by atoms with E-state index in [4.69, 9.17) is 5.26 Å². The molecule has 0 saturated heterocycles. The van der Waals surface area contributed by atoms with E-state index in [0.29, 0.717) is 5.56 Å². The zero-order valence-corrected chi connectivity index (χ0v) is 7.60. The van der Waals surface area contributed by atoms with Crippen LogP contribution in [-0.2, 0) is 0 Å². The molecule has 4 nitrogen and oxygen atoms in total. The Morgan fingerprint density at radius 2 is 2.07 bits per heavy atom. The van der Waals surface area contributed by atoms with Crippen molar-refractivity contribution in [2.75, 3.05) is 0 Å². The maximum Gasteiger partial charge on any atom is 0.346 e. The third-order valence-corrected chi connectivity index (χ3v) is 1.69. The van der Waals surface area contributed by atoms with Crippen molar-refractivity contribution >= 4 is 6.08 Å². The summed E-state index contributed by atoms with van der Waals surface area (Å²) in [5.74, 6) is 0. The van der Waals surface area contributed by atoms with E-state index in [-0.39, 0.29) is 0 Å². The standard InChI is InChI=1S/C10H8N2O2/c1-8-2-4-9(5-3-8)6-10(7-11)12(13)14/h2-6H,1H3/b10-6+. The highest BCUT2D eigenvalue weighted by molar-refractivity contribution is 5.54. The third-order valence-electron chi connectivity index (χ3n) is 1.69. The van der Waals surface area contributed by atoms with Crippen LogP contribution in [0.5, 0.6) is 0 Å². The van der Waals surface area contributed by atoms with E-state index >= 15 is 0 Å².